The lowest BCUT2D eigenvalue weighted by Gasteiger charge is -2.27. The maximum Gasteiger partial charge on any atom is 0.291 e. The lowest BCUT2D eigenvalue weighted by Crippen LogP contribution is -2.39. The third kappa shape index (κ3) is 2.73. The van der Waals surface area contributed by atoms with Crippen LogP contribution in [0.15, 0.2) is 53.7 Å². The number of nitrogens with one attached hydrogen (secondary N) is 1. The van der Waals surface area contributed by atoms with Crippen LogP contribution in [-0.2, 0) is 11.2 Å². The first-order valence-electron chi connectivity index (χ1n) is 8.58. The predicted molar refractivity (Wildman–Crippen MR) is 94.4 cm³/mol. The van der Waals surface area contributed by atoms with Gasteiger partial charge in [-0.3, -0.25) is 9.59 Å². The third-order valence-electron chi connectivity index (χ3n) is 4.94. The second kappa shape index (κ2) is 6.20. The van der Waals surface area contributed by atoms with Crippen LogP contribution in [0, 0.1) is 0 Å². The molecule has 1 aromatic carbocycles. The van der Waals surface area contributed by atoms with Crippen molar-refractivity contribution in [2.75, 3.05) is 0 Å². The van der Waals surface area contributed by atoms with E-state index < -0.39 is 6.04 Å². The van der Waals surface area contributed by atoms with Gasteiger partial charge in [0.2, 0.25) is 5.91 Å². The molecule has 1 aliphatic carbocycles. The Morgan fingerprint density at radius 3 is 3.00 bits per heavy atom. The van der Waals surface area contributed by atoms with Crippen molar-refractivity contribution in [2.45, 2.75) is 38.3 Å². The molecule has 2 atom stereocenters. The Morgan fingerprint density at radius 2 is 2.12 bits per heavy atom. The smallest absolute Gasteiger partial charge is 0.291 e. The summed E-state index contributed by atoms with van der Waals surface area (Å²) in [6, 6.07) is 11.1. The second-order valence-corrected chi connectivity index (χ2v) is 6.51. The number of fused-ring (bicyclic) bond motifs is 2. The van der Waals surface area contributed by atoms with E-state index in [2.05, 4.69) is 22.5 Å². The maximum absolute atomic E-state index is 12.7. The number of aryl methyl sites for hydroxylation is 1. The molecule has 2 unspecified atom stereocenters. The summed E-state index contributed by atoms with van der Waals surface area (Å²) in [5, 5.41) is 7.24. The van der Waals surface area contributed by atoms with Gasteiger partial charge in [-0.15, -0.1) is 0 Å². The first kappa shape index (κ1) is 15.6. The molecule has 1 aliphatic rings. The number of nitrogens with zero attached hydrogens (tertiary/aromatic N) is 3. The van der Waals surface area contributed by atoms with Gasteiger partial charge in [0.15, 0.2) is 0 Å². The van der Waals surface area contributed by atoms with Crippen molar-refractivity contribution in [1.29, 1.82) is 0 Å². The topological polar surface area (TPSA) is 68.4 Å². The van der Waals surface area contributed by atoms with Crippen LogP contribution in [0.1, 0.15) is 43.0 Å². The molecule has 128 valence electrons. The van der Waals surface area contributed by atoms with Gasteiger partial charge in [0.05, 0.1) is 6.04 Å². The molecule has 6 heteroatoms. The molecule has 1 amide bonds. The van der Waals surface area contributed by atoms with E-state index in [-0.39, 0.29) is 17.5 Å². The van der Waals surface area contributed by atoms with Crippen LogP contribution in [0.5, 0.6) is 0 Å². The van der Waals surface area contributed by atoms with E-state index in [4.69, 9.17) is 0 Å². The molecule has 0 saturated heterocycles. The van der Waals surface area contributed by atoms with Gasteiger partial charge >= 0.3 is 0 Å². The Bertz CT molecular complexity index is 988. The Labute approximate surface area is 145 Å². The molecule has 0 saturated carbocycles. The van der Waals surface area contributed by atoms with Crippen molar-refractivity contribution < 1.29 is 4.79 Å². The van der Waals surface area contributed by atoms with Gasteiger partial charge in [0.25, 0.3) is 5.56 Å². The first-order chi connectivity index (χ1) is 12.1. The fourth-order valence-electron chi connectivity index (χ4n) is 3.54. The molecular formula is C19H20N4O2. The molecule has 6 nitrogen and oxygen atoms in total. The molecule has 0 spiro atoms. The van der Waals surface area contributed by atoms with E-state index >= 15 is 0 Å². The van der Waals surface area contributed by atoms with Crippen molar-refractivity contribution >= 4 is 11.4 Å². The van der Waals surface area contributed by atoms with Crippen LogP contribution in [0.3, 0.4) is 0 Å². The van der Waals surface area contributed by atoms with Crippen molar-refractivity contribution in [2.24, 2.45) is 0 Å². The van der Waals surface area contributed by atoms with Crippen LogP contribution in [0.4, 0.5) is 0 Å². The first-order valence-corrected chi connectivity index (χ1v) is 8.58. The lowest BCUT2D eigenvalue weighted by atomic mass is 9.87. The molecule has 2 heterocycles. The highest BCUT2D eigenvalue weighted by Gasteiger charge is 2.25. The SMILES string of the molecule is CC(C(=O)NC1CCCc2ccccc21)n1ncn2cccc2c1=O. The van der Waals surface area contributed by atoms with E-state index in [1.165, 1.54) is 15.8 Å². The predicted octanol–water partition coefficient (Wildman–Crippen LogP) is 2.25. The van der Waals surface area contributed by atoms with Crippen molar-refractivity contribution in [3.63, 3.8) is 0 Å². The summed E-state index contributed by atoms with van der Waals surface area (Å²) < 4.78 is 2.90. The minimum atomic E-state index is -0.665. The highest BCUT2D eigenvalue weighted by molar-refractivity contribution is 5.80. The number of hydrogen-bond acceptors (Lipinski definition) is 3. The summed E-state index contributed by atoms with van der Waals surface area (Å²) in [7, 11) is 0. The zero-order chi connectivity index (χ0) is 17.4. The lowest BCUT2D eigenvalue weighted by molar-refractivity contribution is -0.125. The number of hydrogen-bond donors (Lipinski definition) is 1. The molecule has 0 radical (unpaired) electrons. The fourth-order valence-corrected chi connectivity index (χ4v) is 3.54. The van der Waals surface area contributed by atoms with Gasteiger partial charge in [-0.05, 0) is 49.4 Å². The van der Waals surface area contributed by atoms with Gasteiger partial charge in [-0.1, -0.05) is 24.3 Å². The Hall–Kier alpha value is -2.89. The fraction of sp³-hybridized carbons (Fsp3) is 0.316. The second-order valence-electron chi connectivity index (χ2n) is 6.51. The summed E-state index contributed by atoms with van der Waals surface area (Å²) in [5.74, 6) is -0.188. The highest BCUT2D eigenvalue weighted by atomic mass is 16.2. The number of carbonyl (C=O) groups is 1. The van der Waals surface area contributed by atoms with Gasteiger partial charge in [-0.2, -0.15) is 5.10 Å². The van der Waals surface area contributed by atoms with E-state index in [0.717, 1.165) is 19.3 Å². The van der Waals surface area contributed by atoms with E-state index in [0.29, 0.717) is 5.52 Å². The molecule has 0 fully saturated rings. The van der Waals surface area contributed by atoms with E-state index in [9.17, 15) is 9.59 Å². The molecule has 2 aromatic heterocycles. The summed E-state index contributed by atoms with van der Waals surface area (Å²) in [6.45, 7) is 1.71. The maximum atomic E-state index is 12.7. The Kier molecular flexibility index (Phi) is 3.87. The highest BCUT2D eigenvalue weighted by Crippen LogP contribution is 2.29. The van der Waals surface area contributed by atoms with E-state index in [1.54, 1.807) is 36.0 Å². The average molecular weight is 336 g/mol. The molecule has 25 heavy (non-hydrogen) atoms. The summed E-state index contributed by atoms with van der Waals surface area (Å²) in [4.78, 5) is 25.3. The van der Waals surface area contributed by atoms with Crippen LogP contribution in [0.25, 0.3) is 5.52 Å². The number of aromatic nitrogens is 3. The van der Waals surface area contributed by atoms with Crippen molar-refractivity contribution in [3.05, 3.63) is 70.4 Å². The van der Waals surface area contributed by atoms with Crippen molar-refractivity contribution in [3.8, 4) is 0 Å². The zero-order valence-electron chi connectivity index (χ0n) is 14.1. The standard InChI is InChI=1S/C19H20N4O2/c1-13(23-19(25)17-10-5-11-22(17)12-20-23)18(24)21-16-9-4-7-14-6-2-3-8-15(14)16/h2-3,5-6,8,10-13,16H,4,7,9H2,1H3,(H,21,24). The van der Waals surface area contributed by atoms with Gasteiger partial charge < -0.3 is 9.72 Å². The largest absolute Gasteiger partial charge is 0.347 e. The number of carbonyl (C=O) groups excluding carboxylic acids is 1. The molecule has 3 aromatic rings. The van der Waals surface area contributed by atoms with E-state index in [1.807, 2.05) is 12.1 Å². The monoisotopic (exact) mass is 336 g/mol. The van der Waals surface area contributed by atoms with Crippen LogP contribution in [0.2, 0.25) is 0 Å². The number of benzene rings is 1. The number of rotatable bonds is 3. The van der Waals surface area contributed by atoms with Gasteiger partial charge in [-0.25, -0.2) is 4.68 Å². The molecule has 0 bridgehead atoms. The van der Waals surface area contributed by atoms with Crippen LogP contribution < -0.4 is 10.9 Å². The molecule has 1 N–H and O–H groups in total. The quantitative estimate of drug-likeness (QED) is 0.798. The van der Waals surface area contributed by atoms with Gasteiger partial charge in [0, 0.05) is 6.20 Å². The Balaban J connectivity index is 1.59. The third-order valence-corrected chi connectivity index (χ3v) is 4.94. The van der Waals surface area contributed by atoms with Crippen LogP contribution >= 0.6 is 0 Å². The normalized spacial score (nSPS) is 17.9. The molecule has 4 rings (SSSR count). The summed E-state index contributed by atoms with van der Waals surface area (Å²) >= 11 is 0. The summed E-state index contributed by atoms with van der Waals surface area (Å²) in [6.07, 6.45) is 6.32. The summed E-state index contributed by atoms with van der Waals surface area (Å²) in [5.41, 5.74) is 2.71. The molecule has 0 aliphatic heterocycles. The number of amides is 1. The van der Waals surface area contributed by atoms with Crippen LogP contribution in [-0.4, -0.2) is 20.1 Å². The zero-order valence-corrected chi connectivity index (χ0v) is 14.1. The minimum absolute atomic E-state index is 0.00682. The van der Waals surface area contributed by atoms with Crippen molar-refractivity contribution in [1.82, 2.24) is 19.5 Å². The van der Waals surface area contributed by atoms with Gasteiger partial charge in [0.1, 0.15) is 17.9 Å². The minimum Gasteiger partial charge on any atom is -0.347 e. The average Bonchev–Trinajstić information content (AvgIpc) is 3.11. The molecular weight excluding hydrogens is 316 g/mol. The Morgan fingerprint density at radius 1 is 1.28 bits per heavy atom.